The van der Waals surface area contributed by atoms with Gasteiger partial charge in [0.2, 0.25) is 0 Å². The summed E-state index contributed by atoms with van der Waals surface area (Å²) in [5.41, 5.74) is 0.980. The highest BCUT2D eigenvalue weighted by molar-refractivity contribution is 7.80. The van der Waals surface area contributed by atoms with E-state index in [1.54, 1.807) is 0 Å². The van der Waals surface area contributed by atoms with Gasteiger partial charge in [-0.15, -0.1) is 0 Å². The van der Waals surface area contributed by atoms with E-state index < -0.39 is 33.3 Å². The Kier molecular flexibility index (Phi) is 4.74. The van der Waals surface area contributed by atoms with Crippen LogP contribution in [0.3, 0.4) is 0 Å². The normalized spacial score (nSPS) is 12.8. The lowest BCUT2D eigenvalue weighted by Crippen LogP contribution is -2.34. The highest BCUT2D eigenvalue weighted by atomic mass is 32.2. The Hall–Kier alpha value is -2.44. The Morgan fingerprint density at radius 3 is 1.04 bits per heavy atom. The molecular formula is C19H13F3O2S. The molecule has 0 aliphatic rings. The standard InChI is InChI=1S/C19H13F3O2S/c20-16-7-1-13(2-8-16)19(25(23)24,14-3-9-17(21)10-4-14)15-5-11-18(22)12-6-15/h1-12H,(H,23,24). The van der Waals surface area contributed by atoms with Gasteiger partial charge in [0.15, 0.2) is 11.1 Å². The molecule has 128 valence electrons. The first-order valence-electron chi connectivity index (χ1n) is 7.33. The maximum atomic E-state index is 13.3. The molecule has 0 spiro atoms. The van der Waals surface area contributed by atoms with Crippen molar-refractivity contribution in [2.24, 2.45) is 0 Å². The summed E-state index contributed by atoms with van der Waals surface area (Å²) in [6, 6.07) is 15.3. The number of benzene rings is 3. The zero-order valence-electron chi connectivity index (χ0n) is 12.8. The first-order valence-corrected chi connectivity index (χ1v) is 8.44. The van der Waals surface area contributed by atoms with Crippen molar-refractivity contribution in [3.05, 3.63) is 107 Å². The van der Waals surface area contributed by atoms with E-state index in [9.17, 15) is 21.9 Å². The van der Waals surface area contributed by atoms with Crippen molar-refractivity contribution in [1.82, 2.24) is 0 Å². The second-order valence-electron chi connectivity index (χ2n) is 5.45. The minimum atomic E-state index is -2.50. The van der Waals surface area contributed by atoms with Crippen molar-refractivity contribution in [2.45, 2.75) is 4.75 Å². The maximum absolute atomic E-state index is 13.3. The molecule has 1 N–H and O–H groups in total. The van der Waals surface area contributed by atoms with Crippen LogP contribution in [0.5, 0.6) is 0 Å². The number of rotatable bonds is 4. The van der Waals surface area contributed by atoms with Crippen molar-refractivity contribution in [1.29, 1.82) is 0 Å². The zero-order chi connectivity index (χ0) is 18.0. The maximum Gasteiger partial charge on any atom is 0.173 e. The van der Waals surface area contributed by atoms with Crippen LogP contribution in [0.1, 0.15) is 16.7 Å². The van der Waals surface area contributed by atoms with Crippen LogP contribution in [-0.4, -0.2) is 8.76 Å². The minimum absolute atomic E-state index is 0.327. The molecule has 0 saturated carbocycles. The molecule has 3 rings (SSSR count). The van der Waals surface area contributed by atoms with E-state index in [1.807, 2.05) is 0 Å². The third-order valence-electron chi connectivity index (χ3n) is 4.01. The molecule has 25 heavy (non-hydrogen) atoms. The van der Waals surface area contributed by atoms with Crippen LogP contribution in [-0.2, 0) is 15.8 Å². The average Bonchev–Trinajstić information content (AvgIpc) is 2.60. The first kappa shape index (κ1) is 17.4. The topological polar surface area (TPSA) is 37.3 Å². The van der Waals surface area contributed by atoms with Crippen LogP contribution >= 0.6 is 0 Å². The molecule has 0 bridgehead atoms. The van der Waals surface area contributed by atoms with Crippen molar-refractivity contribution in [3.63, 3.8) is 0 Å². The number of hydrogen-bond donors (Lipinski definition) is 1. The van der Waals surface area contributed by atoms with E-state index in [-0.39, 0.29) is 0 Å². The summed E-state index contributed by atoms with van der Waals surface area (Å²) in [6.45, 7) is 0. The van der Waals surface area contributed by atoms with Crippen molar-refractivity contribution in [3.8, 4) is 0 Å². The number of halogens is 3. The van der Waals surface area contributed by atoms with E-state index in [4.69, 9.17) is 0 Å². The molecule has 0 heterocycles. The van der Waals surface area contributed by atoms with Crippen molar-refractivity contribution >= 4 is 11.1 Å². The van der Waals surface area contributed by atoms with Crippen LogP contribution in [0, 0.1) is 17.5 Å². The molecule has 1 atom stereocenters. The van der Waals surface area contributed by atoms with Gasteiger partial charge in [0.25, 0.3) is 0 Å². The second kappa shape index (κ2) is 6.82. The van der Waals surface area contributed by atoms with Crippen LogP contribution in [0.15, 0.2) is 72.8 Å². The fourth-order valence-corrected chi connectivity index (χ4v) is 3.87. The van der Waals surface area contributed by atoms with Gasteiger partial charge in [-0.05, 0) is 53.1 Å². The van der Waals surface area contributed by atoms with Gasteiger partial charge in [0.05, 0.1) is 0 Å². The van der Waals surface area contributed by atoms with Crippen LogP contribution in [0.4, 0.5) is 13.2 Å². The Morgan fingerprint density at radius 1 is 0.600 bits per heavy atom. The van der Waals surface area contributed by atoms with Gasteiger partial charge in [-0.3, -0.25) is 0 Å². The number of hydrogen-bond acceptors (Lipinski definition) is 1. The Morgan fingerprint density at radius 2 is 0.840 bits per heavy atom. The first-order chi connectivity index (χ1) is 11.9. The van der Waals surface area contributed by atoms with E-state index in [0.717, 1.165) is 0 Å². The molecule has 0 aliphatic carbocycles. The summed E-state index contributed by atoms with van der Waals surface area (Å²) in [4.78, 5) is 0. The predicted octanol–water partition coefficient (Wildman–Crippen LogP) is 4.62. The molecule has 0 saturated heterocycles. The molecule has 1 unspecified atom stereocenters. The Bertz CT molecular complexity index is 781. The monoisotopic (exact) mass is 362 g/mol. The van der Waals surface area contributed by atoms with Crippen molar-refractivity contribution < 1.29 is 21.9 Å². The van der Waals surface area contributed by atoms with E-state index in [1.165, 1.54) is 72.8 Å². The van der Waals surface area contributed by atoms with Gasteiger partial charge < -0.3 is 4.55 Å². The molecule has 0 amide bonds. The highest BCUT2D eigenvalue weighted by Gasteiger charge is 2.42. The Balaban J connectivity index is 2.35. The zero-order valence-corrected chi connectivity index (χ0v) is 13.6. The summed E-state index contributed by atoms with van der Waals surface area (Å²) in [5.74, 6) is -1.50. The third kappa shape index (κ3) is 3.10. The highest BCUT2D eigenvalue weighted by Crippen LogP contribution is 2.41. The molecule has 6 heteroatoms. The molecule has 0 radical (unpaired) electrons. The second-order valence-corrected chi connectivity index (χ2v) is 6.56. The smallest absolute Gasteiger partial charge is 0.173 e. The van der Waals surface area contributed by atoms with Gasteiger partial charge in [-0.1, -0.05) is 36.4 Å². The lowest BCUT2D eigenvalue weighted by atomic mass is 9.84. The van der Waals surface area contributed by atoms with Crippen LogP contribution in [0.2, 0.25) is 0 Å². The van der Waals surface area contributed by atoms with Crippen molar-refractivity contribution in [2.75, 3.05) is 0 Å². The van der Waals surface area contributed by atoms with E-state index >= 15 is 0 Å². The molecule has 3 aromatic rings. The molecule has 0 fully saturated rings. The summed E-state index contributed by atoms with van der Waals surface area (Å²) in [6.07, 6.45) is 0. The third-order valence-corrected chi connectivity index (χ3v) is 5.25. The molecule has 2 nitrogen and oxygen atoms in total. The summed E-state index contributed by atoms with van der Waals surface area (Å²) >= 11 is -2.50. The lowest BCUT2D eigenvalue weighted by molar-refractivity contribution is 0.538. The fraction of sp³-hybridized carbons (Fsp3) is 0.0526. The summed E-state index contributed by atoms with van der Waals surface area (Å²) in [5, 5.41) is 0. The summed E-state index contributed by atoms with van der Waals surface area (Å²) < 4.78 is 61.2. The van der Waals surface area contributed by atoms with Crippen LogP contribution in [0.25, 0.3) is 0 Å². The van der Waals surface area contributed by atoms with E-state index in [0.29, 0.717) is 16.7 Å². The molecule has 3 aromatic carbocycles. The molecule has 0 aromatic heterocycles. The lowest BCUT2D eigenvalue weighted by Gasteiger charge is -2.32. The van der Waals surface area contributed by atoms with Gasteiger partial charge >= 0.3 is 0 Å². The average molecular weight is 362 g/mol. The molecular weight excluding hydrogens is 349 g/mol. The predicted molar refractivity (Wildman–Crippen MR) is 89.9 cm³/mol. The van der Waals surface area contributed by atoms with Gasteiger partial charge in [-0.25, -0.2) is 17.4 Å². The van der Waals surface area contributed by atoms with Gasteiger partial charge in [0.1, 0.15) is 22.2 Å². The molecule has 0 aliphatic heterocycles. The SMILES string of the molecule is O=S(O)C(c1ccc(F)cc1)(c1ccc(F)cc1)c1ccc(F)cc1. The fourth-order valence-electron chi connectivity index (χ4n) is 2.86. The largest absolute Gasteiger partial charge is 0.305 e. The summed E-state index contributed by atoms with van der Waals surface area (Å²) in [7, 11) is 0. The quantitative estimate of drug-likeness (QED) is 0.543. The van der Waals surface area contributed by atoms with E-state index in [2.05, 4.69) is 0 Å². The van der Waals surface area contributed by atoms with Crippen LogP contribution < -0.4 is 0 Å². The van der Waals surface area contributed by atoms with Gasteiger partial charge in [-0.2, -0.15) is 0 Å². The van der Waals surface area contributed by atoms with Gasteiger partial charge in [0, 0.05) is 0 Å². The minimum Gasteiger partial charge on any atom is -0.305 e. The Labute approximate surface area is 145 Å².